The number of benzene rings is 1. The van der Waals surface area contributed by atoms with E-state index in [0.29, 0.717) is 5.92 Å². The third-order valence-corrected chi connectivity index (χ3v) is 3.53. The van der Waals surface area contributed by atoms with Crippen LogP contribution in [-0.2, 0) is 0 Å². The normalized spacial score (nSPS) is 14.5. The van der Waals surface area contributed by atoms with Gasteiger partial charge in [-0.1, -0.05) is 33.8 Å². The Kier molecular flexibility index (Phi) is 6.32. The molecule has 0 saturated heterocycles. The van der Waals surface area contributed by atoms with Gasteiger partial charge in [-0.25, -0.2) is 0 Å². The molecule has 1 aromatic carbocycles. The van der Waals surface area contributed by atoms with E-state index in [0.717, 1.165) is 24.3 Å². The van der Waals surface area contributed by atoms with Crippen molar-refractivity contribution in [2.75, 3.05) is 13.7 Å². The molecule has 0 heterocycles. The molecular formula is C16H27NO2. The molecule has 3 heteroatoms. The van der Waals surface area contributed by atoms with Crippen LogP contribution >= 0.6 is 0 Å². The molecule has 0 saturated carbocycles. The van der Waals surface area contributed by atoms with Gasteiger partial charge in [-0.05, 0) is 36.6 Å². The lowest BCUT2D eigenvalue weighted by atomic mass is 9.94. The van der Waals surface area contributed by atoms with Gasteiger partial charge in [-0.2, -0.15) is 0 Å². The van der Waals surface area contributed by atoms with Gasteiger partial charge in [0.25, 0.3) is 0 Å². The molecule has 1 aromatic rings. The largest absolute Gasteiger partial charge is 0.496 e. The Morgan fingerprint density at radius 3 is 2.42 bits per heavy atom. The van der Waals surface area contributed by atoms with Gasteiger partial charge in [0, 0.05) is 11.6 Å². The van der Waals surface area contributed by atoms with Crippen LogP contribution < -0.4 is 10.1 Å². The fourth-order valence-corrected chi connectivity index (χ4v) is 2.30. The quantitative estimate of drug-likeness (QED) is 0.795. The summed E-state index contributed by atoms with van der Waals surface area (Å²) in [4.78, 5) is 0. The number of hydrogen-bond acceptors (Lipinski definition) is 3. The molecule has 0 aromatic heterocycles. The fraction of sp³-hybridized carbons (Fsp3) is 0.625. The van der Waals surface area contributed by atoms with Gasteiger partial charge in [-0.15, -0.1) is 0 Å². The summed E-state index contributed by atoms with van der Waals surface area (Å²) < 4.78 is 5.39. The first-order valence-electron chi connectivity index (χ1n) is 7.14. The summed E-state index contributed by atoms with van der Waals surface area (Å²) in [7, 11) is 1.65. The van der Waals surface area contributed by atoms with Crippen molar-refractivity contribution < 1.29 is 9.84 Å². The van der Waals surface area contributed by atoms with E-state index in [2.05, 4.69) is 45.1 Å². The average molecular weight is 265 g/mol. The van der Waals surface area contributed by atoms with E-state index >= 15 is 0 Å². The Bertz CT molecular complexity index is 390. The maximum atomic E-state index is 10.6. The van der Waals surface area contributed by atoms with Crippen LogP contribution in [0.15, 0.2) is 18.2 Å². The number of nitrogens with one attached hydrogen (secondary N) is 1. The molecule has 0 amide bonds. The first-order chi connectivity index (χ1) is 9.04. The lowest BCUT2D eigenvalue weighted by molar-refractivity contribution is 0.124. The first-order valence-corrected chi connectivity index (χ1v) is 7.14. The van der Waals surface area contributed by atoms with E-state index in [-0.39, 0.29) is 6.04 Å². The monoisotopic (exact) mass is 265 g/mol. The molecule has 0 fully saturated rings. The predicted octanol–water partition coefficient (Wildman–Crippen LogP) is 3.24. The summed E-state index contributed by atoms with van der Waals surface area (Å²) in [6.45, 7) is 9.29. The number of methoxy groups -OCH3 is 1. The fourth-order valence-electron chi connectivity index (χ4n) is 2.30. The van der Waals surface area contributed by atoms with Crippen LogP contribution in [0.5, 0.6) is 5.75 Å². The van der Waals surface area contributed by atoms with Crippen LogP contribution in [0.1, 0.15) is 57.3 Å². The summed E-state index contributed by atoms with van der Waals surface area (Å²) >= 11 is 0. The highest BCUT2D eigenvalue weighted by Crippen LogP contribution is 2.31. The van der Waals surface area contributed by atoms with Gasteiger partial charge in [0.1, 0.15) is 5.75 Å². The zero-order valence-corrected chi connectivity index (χ0v) is 12.7. The van der Waals surface area contributed by atoms with Crippen molar-refractivity contribution in [2.24, 2.45) is 0 Å². The second-order valence-corrected chi connectivity index (χ2v) is 5.17. The molecule has 0 aliphatic rings. The molecule has 0 aliphatic heterocycles. The average Bonchev–Trinajstić information content (AvgIpc) is 2.43. The van der Waals surface area contributed by atoms with Crippen LogP contribution in [0.4, 0.5) is 0 Å². The zero-order valence-electron chi connectivity index (χ0n) is 12.7. The van der Waals surface area contributed by atoms with E-state index in [9.17, 15) is 5.11 Å². The number of likely N-dealkylation sites (N-methyl/N-ethyl adjacent to an activating group) is 1. The van der Waals surface area contributed by atoms with E-state index in [1.165, 1.54) is 5.56 Å². The molecule has 2 atom stereocenters. The molecule has 0 spiro atoms. The molecule has 108 valence electrons. The van der Waals surface area contributed by atoms with Crippen molar-refractivity contribution in [2.45, 2.75) is 52.2 Å². The van der Waals surface area contributed by atoms with Gasteiger partial charge >= 0.3 is 0 Å². The minimum Gasteiger partial charge on any atom is -0.496 e. The highest BCUT2D eigenvalue weighted by atomic mass is 16.5. The molecule has 19 heavy (non-hydrogen) atoms. The van der Waals surface area contributed by atoms with Crippen molar-refractivity contribution in [3.05, 3.63) is 29.3 Å². The molecule has 0 aliphatic carbocycles. The van der Waals surface area contributed by atoms with Crippen LogP contribution in [0.25, 0.3) is 0 Å². The Morgan fingerprint density at radius 2 is 1.95 bits per heavy atom. The molecule has 3 nitrogen and oxygen atoms in total. The van der Waals surface area contributed by atoms with Gasteiger partial charge in [0.05, 0.1) is 13.2 Å². The van der Waals surface area contributed by atoms with E-state index in [4.69, 9.17) is 4.74 Å². The number of hydrogen-bond donors (Lipinski definition) is 2. The van der Waals surface area contributed by atoms with Crippen LogP contribution in [0, 0.1) is 0 Å². The predicted molar refractivity (Wildman–Crippen MR) is 79.8 cm³/mol. The second kappa shape index (κ2) is 7.51. The topological polar surface area (TPSA) is 41.5 Å². The summed E-state index contributed by atoms with van der Waals surface area (Å²) in [6.07, 6.45) is 0.336. The Hall–Kier alpha value is -1.06. The number of rotatable bonds is 7. The van der Waals surface area contributed by atoms with E-state index < -0.39 is 6.10 Å². The Labute approximate surface area is 117 Å². The van der Waals surface area contributed by atoms with E-state index in [1.807, 2.05) is 6.07 Å². The number of aliphatic hydroxyl groups excluding tert-OH is 1. The van der Waals surface area contributed by atoms with Gasteiger partial charge in [0.15, 0.2) is 0 Å². The van der Waals surface area contributed by atoms with Crippen LogP contribution in [0.2, 0.25) is 0 Å². The minimum absolute atomic E-state index is 0.0568. The SMILES string of the molecule is CCNC(CC)C(O)c1cc(C(C)C)ccc1OC. The Balaban J connectivity index is 3.10. The summed E-state index contributed by atoms with van der Waals surface area (Å²) in [5.74, 6) is 1.20. The summed E-state index contributed by atoms with van der Waals surface area (Å²) in [6, 6.07) is 6.13. The van der Waals surface area contributed by atoms with Gasteiger partial charge in [0.2, 0.25) is 0 Å². The molecule has 1 rings (SSSR count). The smallest absolute Gasteiger partial charge is 0.124 e. The Morgan fingerprint density at radius 1 is 1.26 bits per heavy atom. The molecule has 2 unspecified atom stereocenters. The number of aliphatic hydroxyl groups is 1. The van der Waals surface area contributed by atoms with Crippen molar-refractivity contribution in [1.82, 2.24) is 5.32 Å². The van der Waals surface area contributed by atoms with Crippen LogP contribution in [-0.4, -0.2) is 24.8 Å². The van der Waals surface area contributed by atoms with Gasteiger partial charge in [-0.3, -0.25) is 0 Å². The third-order valence-electron chi connectivity index (χ3n) is 3.53. The zero-order chi connectivity index (χ0) is 14.4. The van der Waals surface area contributed by atoms with Crippen molar-refractivity contribution >= 4 is 0 Å². The lowest BCUT2D eigenvalue weighted by Crippen LogP contribution is -2.34. The highest BCUT2D eigenvalue weighted by Gasteiger charge is 2.22. The minimum atomic E-state index is -0.543. The van der Waals surface area contributed by atoms with Gasteiger partial charge < -0.3 is 15.2 Å². The van der Waals surface area contributed by atoms with Crippen molar-refractivity contribution in [3.8, 4) is 5.75 Å². The maximum absolute atomic E-state index is 10.6. The molecule has 2 N–H and O–H groups in total. The molecular weight excluding hydrogens is 238 g/mol. The van der Waals surface area contributed by atoms with Crippen molar-refractivity contribution in [3.63, 3.8) is 0 Å². The molecule has 0 bridgehead atoms. The number of ether oxygens (including phenoxy) is 1. The van der Waals surface area contributed by atoms with Crippen molar-refractivity contribution in [1.29, 1.82) is 0 Å². The standard InChI is InChI=1S/C16H27NO2/c1-6-14(17-7-2)16(18)13-10-12(11(3)4)8-9-15(13)19-5/h8-11,14,16-18H,6-7H2,1-5H3. The lowest BCUT2D eigenvalue weighted by Gasteiger charge is -2.25. The third kappa shape index (κ3) is 3.95. The second-order valence-electron chi connectivity index (χ2n) is 5.17. The molecule has 0 radical (unpaired) electrons. The summed E-state index contributed by atoms with van der Waals surface area (Å²) in [5, 5.41) is 13.9. The maximum Gasteiger partial charge on any atom is 0.124 e. The highest BCUT2D eigenvalue weighted by molar-refractivity contribution is 5.40. The van der Waals surface area contributed by atoms with Crippen LogP contribution in [0.3, 0.4) is 0 Å². The summed E-state index contributed by atoms with van der Waals surface area (Å²) in [5.41, 5.74) is 2.10. The van der Waals surface area contributed by atoms with E-state index in [1.54, 1.807) is 7.11 Å². The first kappa shape index (κ1) is 16.0.